The number of benzene rings is 2. The molecule has 9 nitrogen and oxygen atoms in total. The van der Waals surface area contributed by atoms with Gasteiger partial charge in [0.15, 0.2) is 5.15 Å². The van der Waals surface area contributed by atoms with Gasteiger partial charge in [-0.3, -0.25) is 0 Å². The lowest BCUT2D eigenvalue weighted by atomic mass is 9.98. The lowest BCUT2D eigenvalue weighted by molar-refractivity contribution is 0.0925. The second kappa shape index (κ2) is 11.8. The molecule has 0 saturated carbocycles. The Balaban J connectivity index is 1.37. The number of imidazole rings is 1. The zero-order valence-electron chi connectivity index (χ0n) is 21.7. The van der Waals surface area contributed by atoms with Gasteiger partial charge in [0, 0.05) is 31.1 Å². The summed E-state index contributed by atoms with van der Waals surface area (Å²) in [7, 11) is 0. The number of hydrogen-bond acceptors (Lipinski definition) is 6. The number of carbonyl (C=O) groups excluding carboxylic acids is 1. The number of hydrogen-bond donors (Lipinski definition) is 1. The Hall–Kier alpha value is -3.72. The average Bonchev–Trinajstić information content (AvgIpc) is 3.68. The number of nitrogens with one attached hydrogen (secondary N) is 1. The number of tetrazole rings is 1. The zero-order chi connectivity index (χ0) is 26.5. The van der Waals surface area contributed by atoms with Crippen molar-refractivity contribution in [2.24, 2.45) is 0 Å². The number of aromatic amines is 1. The Bertz CT molecular complexity index is 1370. The van der Waals surface area contributed by atoms with Crippen LogP contribution in [0.3, 0.4) is 0 Å². The molecule has 1 unspecified atom stereocenters. The minimum atomic E-state index is -0.293. The van der Waals surface area contributed by atoms with Crippen molar-refractivity contribution in [3.8, 4) is 22.5 Å². The molecule has 10 heteroatoms. The highest BCUT2D eigenvalue weighted by Crippen LogP contribution is 2.30. The molecule has 2 aromatic heterocycles. The first-order chi connectivity index (χ1) is 18.5. The summed E-state index contributed by atoms with van der Waals surface area (Å²) in [6.07, 6.45) is 4.58. The summed E-state index contributed by atoms with van der Waals surface area (Å²) in [4.78, 5) is 19.1. The molecule has 0 spiro atoms. The maximum absolute atomic E-state index is 12.7. The molecule has 1 aliphatic rings. The number of amides is 1. The standard InChI is InChI=1S/C28H32ClN7O2/c1-3-4-11-25-30-26(29)24(18-38-28(37)35-16-7-8-19(35)2)36(25)17-20-12-14-21(15-13-20)22-9-5-6-10-23(22)27-31-33-34-32-27/h5-6,9-10,12-15,19H,3-4,7-8,11,16-18H2,1-2H3,(H,31,32,33,34). The van der Waals surface area contributed by atoms with E-state index in [1.165, 1.54) is 0 Å². The van der Waals surface area contributed by atoms with Crippen LogP contribution in [0.4, 0.5) is 4.79 Å². The molecule has 1 amide bonds. The molecule has 38 heavy (non-hydrogen) atoms. The van der Waals surface area contributed by atoms with Crippen LogP contribution in [0.1, 0.15) is 56.6 Å². The molecule has 0 bridgehead atoms. The van der Waals surface area contributed by atoms with Crippen LogP contribution in [-0.2, 0) is 24.3 Å². The van der Waals surface area contributed by atoms with Crippen LogP contribution >= 0.6 is 11.6 Å². The predicted octanol–water partition coefficient (Wildman–Crippen LogP) is 5.90. The first kappa shape index (κ1) is 25.9. The summed E-state index contributed by atoms with van der Waals surface area (Å²) in [6, 6.07) is 16.6. The predicted molar refractivity (Wildman–Crippen MR) is 146 cm³/mol. The van der Waals surface area contributed by atoms with Crippen LogP contribution < -0.4 is 0 Å². The van der Waals surface area contributed by atoms with Crippen molar-refractivity contribution in [3.63, 3.8) is 0 Å². The second-order valence-corrected chi connectivity index (χ2v) is 10.0. The number of halogens is 1. The van der Waals surface area contributed by atoms with Gasteiger partial charge in [-0.15, -0.1) is 10.2 Å². The van der Waals surface area contributed by atoms with Crippen molar-refractivity contribution in [1.29, 1.82) is 0 Å². The Morgan fingerprint density at radius 3 is 2.63 bits per heavy atom. The summed E-state index contributed by atoms with van der Waals surface area (Å²) in [5, 5.41) is 14.9. The number of likely N-dealkylation sites (tertiary alicyclic amines) is 1. The number of rotatable bonds is 9. The lowest BCUT2D eigenvalue weighted by Crippen LogP contribution is -2.34. The molecular weight excluding hydrogens is 502 g/mol. The summed E-state index contributed by atoms with van der Waals surface area (Å²) < 4.78 is 7.81. The molecule has 1 saturated heterocycles. The van der Waals surface area contributed by atoms with E-state index in [-0.39, 0.29) is 18.7 Å². The molecular formula is C28H32ClN7O2. The number of carbonyl (C=O) groups is 1. The number of aromatic nitrogens is 6. The molecule has 5 rings (SSSR count). The van der Waals surface area contributed by atoms with E-state index in [0.29, 0.717) is 17.5 Å². The molecule has 198 valence electrons. The van der Waals surface area contributed by atoms with Crippen molar-refractivity contribution in [2.75, 3.05) is 6.54 Å². The van der Waals surface area contributed by atoms with Crippen LogP contribution in [0.15, 0.2) is 48.5 Å². The van der Waals surface area contributed by atoms with E-state index in [0.717, 1.165) is 72.4 Å². The van der Waals surface area contributed by atoms with Crippen LogP contribution in [0.5, 0.6) is 0 Å². The molecule has 3 heterocycles. The Labute approximate surface area is 227 Å². The van der Waals surface area contributed by atoms with Crippen LogP contribution in [-0.4, -0.2) is 53.8 Å². The lowest BCUT2D eigenvalue weighted by Gasteiger charge is -2.21. The van der Waals surface area contributed by atoms with Gasteiger partial charge in [-0.25, -0.2) is 9.78 Å². The van der Waals surface area contributed by atoms with Gasteiger partial charge in [0.25, 0.3) is 0 Å². The maximum Gasteiger partial charge on any atom is 0.410 e. The summed E-state index contributed by atoms with van der Waals surface area (Å²) in [5.74, 6) is 1.46. The van der Waals surface area contributed by atoms with Crippen molar-refractivity contribution < 1.29 is 9.53 Å². The van der Waals surface area contributed by atoms with E-state index < -0.39 is 0 Å². The smallest absolute Gasteiger partial charge is 0.410 e. The first-order valence-corrected chi connectivity index (χ1v) is 13.5. The van der Waals surface area contributed by atoms with Gasteiger partial charge >= 0.3 is 6.09 Å². The summed E-state index contributed by atoms with van der Waals surface area (Å²) in [6.45, 7) is 5.62. The highest BCUT2D eigenvalue weighted by Gasteiger charge is 2.27. The van der Waals surface area contributed by atoms with Crippen molar-refractivity contribution in [2.45, 2.75) is 65.1 Å². The Morgan fingerprint density at radius 1 is 1.16 bits per heavy atom. The normalized spacial score (nSPS) is 15.2. The Morgan fingerprint density at radius 2 is 1.95 bits per heavy atom. The first-order valence-electron chi connectivity index (χ1n) is 13.1. The highest BCUT2D eigenvalue weighted by atomic mass is 35.5. The molecule has 1 atom stereocenters. The Kier molecular flexibility index (Phi) is 8.03. The fourth-order valence-electron chi connectivity index (χ4n) is 4.95. The molecule has 1 aliphatic heterocycles. The van der Waals surface area contributed by atoms with E-state index in [1.807, 2.05) is 24.3 Å². The molecule has 1 N–H and O–H groups in total. The topological polar surface area (TPSA) is 102 Å². The summed E-state index contributed by atoms with van der Waals surface area (Å²) in [5.41, 5.74) is 4.81. The second-order valence-electron chi connectivity index (χ2n) is 9.67. The van der Waals surface area contributed by atoms with Crippen molar-refractivity contribution in [1.82, 2.24) is 35.1 Å². The fourth-order valence-corrected chi connectivity index (χ4v) is 5.20. The summed E-state index contributed by atoms with van der Waals surface area (Å²) >= 11 is 6.58. The van der Waals surface area contributed by atoms with Gasteiger partial charge in [0.1, 0.15) is 12.4 Å². The monoisotopic (exact) mass is 533 g/mol. The average molecular weight is 534 g/mol. The van der Waals surface area contributed by atoms with E-state index >= 15 is 0 Å². The number of aryl methyl sites for hydroxylation is 1. The number of H-pyrrole nitrogens is 1. The molecule has 2 aromatic carbocycles. The molecule has 0 radical (unpaired) electrons. The van der Waals surface area contributed by atoms with Crippen LogP contribution in [0, 0.1) is 0 Å². The van der Waals surface area contributed by atoms with E-state index in [1.54, 1.807) is 4.90 Å². The molecule has 4 aromatic rings. The van der Waals surface area contributed by atoms with Crippen LogP contribution in [0.2, 0.25) is 5.15 Å². The minimum absolute atomic E-state index is 0.0934. The third-order valence-electron chi connectivity index (χ3n) is 7.10. The van der Waals surface area contributed by atoms with E-state index in [4.69, 9.17) is 16.3 Å². The number of unbranched alkanes of at least 4 members (excludes halogenated alkanes) is 1. The fraction of sp³-hybridized carbons (Fsp3) is 0.393. The third-order valence-corrected chi connectivity index (χ3v) is 7.40. The van der Waals surface area contributed by atoms with Crippen molar-refractivity contribution >= 4 is 17.7 Å². The minimum Gasteiger partial charge on any atom is -0.443 e. The number of ether oxygens (including phenoxy) is 1. The van der Waals surface area contributed by atoms with Gasteiger partial charge in [0.2, 0.25) is 5.82 Å². The quantitative estimate of drug-likeness (QED) is 0.287. The maximum atomic E-state index is 12.7. The van der Waals surface area contributed by atoms with Crippen LogP contribution in [0.25, 0.3) is 22.5 Å². The van der Waals surface area contributed by atoms with Gasteiger partial charge < -0.3 is 14.2 Å². The third kappa shape index (κ3) is 5.57. The number of nitrogens with zero attached hydrogens (tertiary/aromatic N) is 6. The SMILES string of the molecule is CCCCc1nc(Cl)c(COC(=O)N2CCCC2C)n1Cc1ccc(-c2ccccc2-c2nn[nH]n2)cc1. The van der Waals surface area contributed by atoms with E-state index in [9.17, 15) is 4.79 Å². The largest absolute Gasteiger partial charge is 0.443 e. The molecule has 0 aliphatic carbocycles. The van der Waals surface area contributed by atoms with Gasteiger partial charge in [-0.2, -0.15) is 5.21 Å². The molecule has 1 fully saturated rings. The van der Waals surface area contributed by atoms with Crippen molar-refractivity contribution in [3.05, 3.63) is 70.8 Å². The van der Waals surface area contributed by atoms with Gasteiger partial charge in [-0.05, 0) is 48.1 Å². The van der Waals surface area contributed by atoms with E-state index in [2.05, 4.69) is 68.3 Å². The van der Waals surface area contributed by atoms with Gasteiger partial charge in [0.05, 0.1) is 5.69 Å². The zero-order valence-corrected chi connectivity index (χ0v) is 22.5. The van der Waals surface area contributed by atoms with Gasteiger partial charge in [-0.1, -0.05) is 73.5 Å². The highest BCUT2D eigenvalue weighted by molar-refractivity contribution is 6.30.